The lowest BCUT2D eigenvalue weighted by Gasteiger charge is -2.62. The van der Waals surface area contributed by atoms with E-state index in [0.29, 0.717) is 38.5 Å². The normalized spacial score (nSPS) is 53.3. The lowest BCUT2D eigenvalue weighted by atomic mass is 9.42. The summed E-state index contributed by atoms with van der Waals surface area (Å²) >= 11 is 0. The molecule has 0 spiro atoms. The Morgan fingerprint density at radius 3 is 2.31 bits per heavy atom. The van der Waals surface area contributed by atoms with Crippen LogP contribution in [0.1, 0.15) is 64.7 Å². The van der Waals surface area contributed by atoms with Gasteiger partial charge in [0.1, 0.15) is 0 Å². The number of fused-ring (bicyclic) bond motifs is 5. The molecule has 0 saturated heterocycles. The number of rotatable bonds is 2. The van der Waals surface area contributed by atoms with E-state index < -0.39 is 29.1 Å². The fraction of sp³-hybridized carbons (Fsp3) is 0.900. The van der Waals surface area contributed by atoms with Gasteiger partial charge in [-0.05, 0) is 74.5 Å². The number of aliphatic carboxylic acids is 2. The molecule has 4 aliphatic rings. The van der Waals surface area contributed by atoms with E-state index in [1.807, 2.05) is 0 Å². The standard InChI is InChI=1S/C20H30O6/c1-18-7-6-14-12(13(18)2-3-15(18)16(22)23)5-8-19(26)10-11(21)4-9-20(14,19)17(24)25/h11-15,21,26H,2-10H2,1H3,(H,22,23)(H,24,25)/t11-,12-,13-,14-,15+,18-,19-,20-/m1/s1. The third kappa shape index (κ3) is 2.12. The summed E-state index contributed by atoms with van der Waals surface area (Å²) in [6.07, 6.45) is 4.23. The average Bonchev–Trinajstić information content (AvgIpc) is 2.91. The molecule has 0 aliphatic heterocycles. The Kier molecular flexibility index (Phi) is 3.98. The van der Waals surface area contributed by atoms with Gasteiger partial charge in [0.25, 0.3) is 0 Å². The zero-order valence-electron chi connectivity index (χ0n) is 15.4. The predicted molar refractivity (Wildman–Crippen MR) is 92.3 cm³/mol. The van der Waals surface area contributed by atoms with Crippen molar-refractivity contribution in [1.29, 1.82) is 0 Å². The molecular weight excluding hydrogens is 336 g/mol. The summed E-state index contributed by atoms with van der Waals surface area (Å²) in [7, 11) is 0. The molecule has 0 aromatic carbocycles. The number of aliphatic hydroxyl groups is 2. The fourth-order valence-corrected chi connectivity index (χ4v) is 7.73. The third-order valence-corrected chi connectivity index (χ3v) is 8.92. The molecule has 26 heavy (non-hydrogen) atoms. The van der Waals surface area contributed by atoms with Gasteiger partial charge in [-0.15, -0.1) is 0 Å². The number of hydrogen-bond acceptors (Lipinski definition) is 4. The average molecular weight is 366 g/mol. The minimum Gasteiger partial charge on any atom is -0.481 e. The number of carbonyl (C=O) groups is 2. The maximum atomic E-state index is 12.5. The Morgan fingerprint density at radius 2 is 1.65 bits per heavy atom. The molecule has 0 radical (unpaired) electrons. The first-order valence-electron chi connectivity index (χ1n) is 10.0. The van der Waals surface area contributed by atoms with Crippen molar-refractivity contribution in [3.05, 3.63) is 0 Å². The fourth-order valence-electron chi connectivity index (χ4n) is 7.73. The number of aliphatic hydroxyl groups excluding tert-OH is 1. The van der Waals surface area contributed by atoms with E-state index in [0.717, 1.165) is 12.8 Å². The van der Waals surface area contributed by atoms with Crippen molar-refractivity contribution >= 4 is 11.9 Å². The summed E-state index contributed by atoms with van der Waals surface area (Å²) in [4.78, 5) is 24.2. The van der Waals surface area contributed by atoms with Gasteiger partial charge < -0.3 is 20.4 Å². The highest BCUT2D eigenvalue weighted by molar-refractivity contribution is 5.78. The van der Waals surface area contributed by atoms with Gasteiger partial charge in [-0.1, -0.05) is 6.92 Å². The van der Waals surface area contributed by atoms with Crippen LogP contribution < -0.4 is 0 Å². The molecule has 8 atom stereocenters. The highest BCUT2D eigenvalue weighted by Crippen LogP contribution is 2.68. The molecule has 0 bridgehead atoms. The first-order valence-corrected chi connectivity index (χ1v) is 10.0. The van der Waals surface area contributed by atoms with E-state index in [9.17, 15) is 30.0 Å². The quantitative estimate of drug-likeness (QED) is 0.596. The zero-order chi connectivity index (χ0) is 18.9. The van der Waals surface area contributed by atoms with Gasteiger partial charge >= 0.3 is 11.9 Å². The van der Waals surface area contributed by atoms with E-state index in [2.05, 4.69) is 6.92 Å². The monoisotopic (exact) mass is 366 g/mol. The van der Waals surface area contributed by atoms with Gasteiger partial charge in [0.2, 0.25) is 0 Å². The second kappa shape index (κ2) is 5.68. The Balaban J connectivity index is 1.73. The molecule has 4 fully saturated rings. The highest BCUT2D eigenvalue weighted by atomic mass is 16.4. The number of carboxylic acids is 2. The first-order chi connectivity index (χ1) is 12.2. The Bertz CT molecular complexity index is 634. The second-order valence-corrected chi connectivity index (χ2v) is 9.63. The Morgan fingerprint density at radius 1 is 0.923 bits per heavy atom. The van der Waals surface area contributed by atoms with Crippen LogP contribution in [-0.2, 0) is 9.59 Å². The van der Waals surface area contributed by atoms with Gasteiger partial charge in [-0.25, -0.2) is 0 Å². The van der Waals surface area contributed by atoms with Crippen LogP contribution in [0.15, 0.2) is 0 Å². The summed E-state index contributed by atoms with van der Waals surface area (Å²) in [6.45, 7) is 2.08. The zero-order valence-corrected chi connectivity index (χ0v) is 15.4. The molecule has 0 aromatic heterocycles. The smallest absolute Gasteiger partial charge is 0.312 e. The van der Waals surface area contributed by atoms with Crippen LogP contribution in [0.25, 0.3) is 0 Å². The summed E-state index contributed by atoms with van der Waals surface area (Å²) < 4.78 is 0. The van der Waals surface area contributed by atoms with Crippen molar-refractivity contribution < 1.29 is 30.0 Å². The summed E-state index contributed by atoms with van der Waals surface area (Å²) in [5, 5.41) is 41.3. The van der Waals surface area contributed by atoms with E-state index >= 15 is 0 Å². The van der Waals surface area contributed by atoms with Crippen molar-refractivity contribution in [2.45, 2.75) is 76.4 Å². The molecular formula is C20H30O6. The molecule has 4 N–H and O–H groups in total. The molecule has 4 rings (SSSR count). The summed E-state index contributed by atoms with van der Waals surface area (Å²) in [5.41, 5.74) is -2.82. The van der Waals surface area contributed by atoms with Gasteiger partial charge in [-0.3, -0.25) is 9.59 Å². The maximum Gasteiger partial charge on any atom is 0.312 e. The lowest BCUT2D eigenvalue weighted by molar-refractivity contribution is -0.235. The van der Waals surface area contributed by atoms with Crippen molar-refractivity contribution in [3.63, 3.8) is 0 Å². The first kappa shape index (κ1) is 18.2. The van der Waals surface area contributed by atoms with Crippen LogP contribution in [0.5, 0.6) is 0 Å². The van der Waals surface area contributed by atoms with Gasteiger partial charge in [0.05, 0.1) is 23.0 Å². The molecule has 0 amide bonds. The van der Waals surface area contributed by atoms with E-state index in [1.54, 1.807) is 0 Å². The Labute approximate surface area is 153 Å². The molecule has 6 nitrogen and oxygen atoms in total. The predicted octanol–water partition coefficient (Wildman–Crippen LogP) is 2.27. The summed E-state index contributed by atoms with van der Waals surface area (Å²) in [6, 6.07) is 0. The Hall–Kier alpha value is -1.14. The van der Waals surface area contributed by atoms with Gasteiger partial charge in [0, 0.05) is 6.42 Å². The second-order valence-electron chi connectivity index (χ2n) is 9.63. The van der Waals surface area contributed by atoms with E-state index in [-0.39, 0.29) is 35.5 Å². The molecule has 6 heteroatoms. The van der Waals surface area contributed by atoms with Crippen LogP contribution in [-0.4, -0.2) is 44.1 Å². The minimum absolute atomic E-state index is 0.128. The van der Waals surface area contributed by atoms with E-state index in [1.165, 1.54) is 0 Å². The molecule has 0 aromatic rings. The summed E-state index contributed by atoms with van der Waals surface area (Å²) in [5.74, 6) is -1.76. The molecule has 0 unspecified atom stereocenters. The van der Waals surface area contributed by atoms with Crippen molar-refractivity contribution in [2.75, 3.05) is 0 Å². The van der Waals surface area contributed by atoms with Crippen LogP contribution in [0.4, 0.5) is 0 Å². The van der Waals surface area contributed by atoms with Crippen molar-refractivity contribution in [3.8, 4) is 0 Å². The van der Waals surface area contributed by atoms with Gasteiger partial charge in [0.15, 0.2) is 0 Å². The molecule has 0 heterocycles. The van der Waals surface area contributed by atoms with E-state index in [4.69, 9.17) is 0 Å². The topological polar surface area (TPSA) is 115 Å². The molecule has 146 valence electrons. The van der Waals surface area contributed by atoms with Crippen LogP contribution in [0.3, 0.4) is 0 Å². The van der Waals surface area contributed by atoms with Gasteiger partial charge in [-0.2, -0.15) is 0 Å². The largest absolute Gasteiger partial charge is 0.481 e. The SMILES string of the molecule is C[C@@]12CC[C@@H]3[C@H](CC[C@@]4(O)C[C@H](O)CC[C@]34C(=O)O)[C@H]1CC[C@H]2C(=O)O. The van der Waals surface area contributed by atoms with Crippen LogP contribution >= 0.6 is 0 Å². The minimum atomic E-state index is -1.35. The maximum absolute atomic E-state index is 12.5. The third-order valence-electron chi connectivity index (χ3n) is 8.92. The molecule has 4 aliphatic carbocycles. The number of hydrogen-bond donors (Lipinski definition) is 4. The number of carboxylic acid groups (broad SMARTS) is 2. The van der Waals surface area contributed by atoms with Crippen LogP contribution in [0, 0.1) is 34.5 Å². The highest BCUT2D eigenvalue weighted by Gasteiger charge is 2.69. The van der Waals surface area contributed by atoms with Crippen molar-refractivity contribution in [2.24, 2.45) is 34.5 Å². The van der Waals surface area contributed by atoms with Crippen molar-refractivity contribution in [1.82, 2.24) is 0 Å². The molecule has 4 saturated carbocycles. The lowest BCUT2D eigenvalue weighted by Crippen LogP contribution is -2.67. The van der Waals surface area contributed by atoms with Crippen LogP contribution in [0.2, 0.25) is 0 Å².